The van der Waals surface area contributed by atoms with Crippen LogP contribution in [0.2, 0.25) is 0 Å². The van der Waals surface area contributed by atoms with E-state index in [0.29, 0.717) is 28.0 Å². The number of benzene rings is 2. The summed E-state index contributed by atoms with van der Waals surface area (Å²) >= 11 is 0. The smallest absolute Gasteiger partial charge is 0.326 e. The Labute approximate surface area is 167 Å². The van der Waals surface area contributed by atoms with Crippen molar-refractivity contribution in [3.63, 3.8) is 0 Å². The van der Waals surface area contributed by atoms with Gasteiger partial charge in [-0.25, -0.2) is 9.37 Å². The van der Waals surface area contributed by atoms with Crippen LogP contribution in [0.25, 0.3) is 28.0 Å². The Morgan fingerprint density at radius 3 is 2.47 bits per heavy atom. The highest BCUT2D eigenvalue weighted by molar-refractivity contribution is 5.99. The predicted molar refractivity (Wildman–Crippen MR) is 104 cm³/mol. The number of anilines is 1. The lowest BCUT2D eigenvalue weighted by Gasteiger charge is -2.13. The number of hydrogen-bond donors (Lipinski definition) is 1. The van der Waals surface area contributed by atoms with E-state index in [1.165, 1.54) is 18.2 Å². The number of carbonyl (C=O) groups excluding carboxylic acids is 1. The lowest BCUT2D eigenvalue weighted by atomic mass is 10.1. The molecule has 4 nitrogen and oxygen atoms in total. The highest BCUT2D eigenvalue weighted by Gasteiger charge is 2.33. The largest absolute Gasteiger partial charge is 0.433 e. The molecular weight excluding hydrogens is 398 g/mol. The molecule has 0 spiro atoms. The number of pyridine rings is 1. The van der Waals surface area contributed by atoms with Gasteiger partial charge in [0, 0.05) is 16.8 Å². The molecule has 0 saturated carbocycles. The van der Waals surface area contributed by atoms with Gasteiger partial charge >= 0.3 is 6.18 Å². The molecule has 0 fully saturated rings. The summed E-state index contributed by atoms with van der Waals surface area (Å²) in [6, 6.07) is 14.9. The Bertz CT molecular complexity index is 1310. The number of amides is 1. The summed E-state index contributed by atoms with van der Waals surface area (Å²) in [5.41, 5.74) is 2.29. The van der Waals surface area contributed by atoms with Gasteiger partial charge in [-0.2, -0.15) is 13.2 Å². The first-order valence-corrected chi connectivity index (χ1v) is 9.08. The van der Waals surface area contributed by atoms with Crippen molar-refractivity contribution in [2.24, 2.45) is 0 Å². The summed E-state index contributed by atoms with van der Waals surface area (Å²) in [5, 5.41) is 3.25. The molecule has 1 N–H and O–H groups in total. The van der Waals surface area contributed by atoms with Crippen molar-refractivity contribution in [2.45, 2.75) is 12.6 Å². The number of aromatic nitrogens is 2. The van der Waals surface area contributed by atoms with E-state index in [9.17, 15) is 22.4 Å². The van der Waals surface area contributed by atoms with Crippen LogP contribution in [0, 0.1) is 5.82 Å². The van der Waals surface area contributed by atoms with E-state index in [0.717, 1.165) is 11.6 Å². The minimum Gasteiger partial charge on any atom is -0.326 e. The normalized spacial score (nSPS) is 13.5. The first-order chi connectivity index (χ1) is 14.3. The molecule has 0 radical (unpaired) electrons. The third kappa shape index (κ3) is 3.01. The molecule has 4 aromatic rings. The average molecular weight is 411 g/mol. The SMILES string of the molecule is O=C1Cc2cc(-n3c(-c4ccc(F)cc4)cc4ccc(C(F)(F)F)nc43)ccc2N1. The molecule has 1 amide bonds. The summed E-state index contributed by atoms with van der Waals surface area (Å²) in [5.74, 6) is -0.559. The van der Waals surface area contributed by atoms with E-state index in [1.807, 2.05) is 0 Å². The fourth-order valence-corrected chi connectivity index (χ4v) is 3.68. The molecule has 3 heterocycles. The van der Waals surface area contributed by atoms with Crippen LogP contribution in [-0.2, 0) is 17.4 Å². The van der Waals surface area contributed by atoms with Crippen molar-refractivity contribution in [2.75, 3.05) is 5.32 Å². The second-order valence-corrected chi connectivity index (χ2v) is 7.05. The maximum atomic E-state index is 13.4. The van der Waals surface area contributed by atoms with E-state index in [2.05, 4.69) is 10.3 Å². The third-order valence-electron chi connectivity index (χ3n) is 5.05. The zero-order chi connectivity index (χ0) is 21.0. The maximum Gasteiger partial charge on any atom is 0.433 e. The Morgan fingerprint density at radius 2 is 1.73 bits per heavy atom. The first-order valence-electron chi connectivity index (χ1n) is 9.08. The molecule has 2 aromatic carbocycles. The van der Waals surface area contributed by atoms with E-state index in [1.54, 1.807) is 41.0 Å². The van der Waals surface area contributed by atoms with Crippen molar-refractivity contribution >= 4 is 22.6 Å². The van der Waals surface area contributed by atoms with Gasteiger partial charge in [0.2, 0.25) is 5.91 Å². The van der Waals surface area contributed by atoms with Gasteiger partial charge in [0.15, 0.2) is 0 Å². The van der Waals surface area contributed by atoms with Gasteiger partial charge in [-0.05, 0) is 71.8 Å². The van der Waals surface area contributed by atoms with Gasteiger partial charge in [0.25, 0.3) is 0 Å². The summed E-state index contributed by atoms with van der Waals surface area (Å²) in [7, 11) is 0. The lowest BCUT2D eigenvalue weighted by molar-refractivity contribution is -0.141. The zero-order valence-electron chi connectivity index (χ0n) is 15.3. The van der Waals surface area contributed by atoms with Crippen molar-refractivity contribution in [1.82, 2.24) is 9.55 Å². The summed E-state index contributed by atoms with van der Waals surface area (Å²) in [6.07, 6.45) is -4.40. The molecule has 0 saturated heterocycles. The van der Waals surface area contributed by atoms with Gasteiger partial charge in [0.1, 0.15) is 17.2 Å². The fraction of sp³-hybridized carbons (Fsp3) is 0.0909. The molecule has 8 heteroatoms. The van der Waals surface area contributed by atoms with Gasteiger partial charge in [-0.3, -0.25) is 9.36 Å². The molecule has 5 rings (SSSR count). The number of nitrogens with zero attached hydrogens (tertiary/aromatic N) is 2. The van der Waals surface area contributed by atoms with Crippen molar-refractivity contribution in [3.8, 4) is 16.9 Å². The van der Waals surface area contributed by atoms with Crippen molar-refractivity contribution in [1.29, 1.82) is 0 Å². The standard InChI is InChI=1S/C22H13F4N3O/c23-15-4-1-12(2-5-15)18-10-13-3-8-19(22(24,25)26)28-21(13)29(18)16-6-7-17-14(9-16)11-20(30)27-17/h1-10H,11H2,(H,27,30). The molecule has 0 bridgehead atoms. The molecule has 150 valence electrons. The van der Waals surface area contributed by atoms with E-state index < -0.39 is 17.7 Å². The zero-order valence-corrected chi connectivity index (χ0v) is 15.3. The number of rotatable bonds is 2. The van der Waals surface area contributed by atoms with Gasteiger partial charge in [0.05, 0.1) is 12.1 Å². The molecule has 1 aliphatic heterocycles. The Hall–Kier alpha value is -3.68. The fourth-order valence-electron chi connectivity index (χ4n) is 3.68. The third-order valence-corrected chi connectivity index (χ3v) is 5.05. The van der Waals surface area contributed by atoms with Crippen LogP contribution < -0.4 is 5.32 Å². The number of fused-ring (bicyclic) bond motifs is 2. The Kier molecular flexibility index (Phi) is 3.92. The first kappa shape index (κ1) is 18.4. The molecule has 30 heavy (non-hydrogen) atoms. The Morgan fingerprint density at radius 1 is 0.967 bits per heavy atom. The molecule has 1 aliphatic rings. The lowest BCUT2D eigenvalue weighted by Crippen LogP contribution is -2.09. The highest BCUT2D eigenvalue weighted by atomic mass is 19.4. The van der Waals surface area contributed by atoms with E-state index in [4.69, 9.17) is 0 Å². The van der Waals surface area contributed by atoms with Gasteiger partial charge < -0.3 is 5.32 Å². The minimum atomic E-state index is -4.59. The van der Waals surface area contributed by atoms with Crippen molar-refractivity contribution < 1.29 is 22.4 Å². The van der Waals surface area contributed by atoms with Crippen LogP contribution in [0.3, 0.4) is 0 Å². The second-order valence-electron chi connectivity index (χ2n) is 7.05. The summed E-state index contributed by atoms with van der Waals surface area (Å²) in [6.45, 7) is 0. The summed E-state index contributed by atoms with van der Waals surface area (Å²) in [4.78, 5) is 15.6. The van der Waals surface area contributed by atoms with E-state index >= 15 is 0 Å². The maximum absolute atomic E-state index is 13.4. The van der Waals surface area contributed by atoms with Crippen LogP contribution in [0.15, 0.2) is 60.7 Å². The van der Waals surface area contributed by atoms with Crippen LogP contribution in [-0.4, -0.2) is 15.5 Å². The summed E-state index contributed by atoms with van der Waals surface area (Å²) < 4.78 is 54.9. The molecule has 0 aliphatic carbocycles. The topological polar surface area (TPSA) is 46.9 Å². The highest BCUT2D eigenvalue weighted by Crippen LogP contribution is 2.35. The van der Waals surface area contributed by atoms with E-state index in [-0.39, 0.29) is 18.0 Å². The quantitative estimate of drug-likeness (QED) is 0.453. The van der Waals surface area contributed by atoms with Crippen molar-refractivity contribution in [3.05, 3.63) is 77.7 Å². The number of halogens is 4. The number of alkyl halides is 3. The molecular formula is C22H13F4N3O. The Balaban J connectivity index is 1.79. The number of carbonyl (C=O) groups is 1. The minimum absolute atomic E-state index is 0.126. The van der Waals surface area contributed by atoms with Crippen LogP contribution in [0.1, 0.15) is 11.3 Å². The van der Waals surface area contributed by atoms with Gasteiger partial charge in [-0.15, -0.1) is 0 Å². The molecule has 0 unspecified atom stereocenters. The van der Waals surface area contributed by atoms with Crippen LogP contribution in [0.5, 0.6) is 0 Å². The second kappa shape index (κ2) is 6.41. The average Bonchev–Trinajstić information content (AvgIpc) is 3.26. The van der Waals surface area contributed by atoms with Crippen LogP contribution in [0.4, 0.5) is 23.2 Å². The van der Waals surface area contributed by atoms with Gasteiger partial charge in [-0.1, -0.05) is 0 Å². The molecule has 2 aromatic heterocycles. The number of nitrogens with one attached hydrogen (secondary N) is 1. The predicted octanol–water partition coefficient (Wildman–Crippen LogP) is 5.35. The monoisotopic (exact) mass is 411 g/mol. The number of hydrogen-bond acceptors (Lipinski definition) is 2. The molecule has 0 atom stereocenters. The van der Waals surface area contributed by atoms with Crippen LogP contribution >= 0.6 is 0 Å².